The zero-order chi connectivity index (χ0) is 17.4. The molecule has 0 N–H and O–H groups in total. The molecule has 0 aliphatic carbocycles. The summed E-state index contributed by atoms with van der Waals surface area (Å²) in [5, 5.41) is 0. The van der Waals surface area contributed by atoms with Gasteiger partial charge in [0.05, 0.1) is 11.7 Å². The van der Waals surface area contributed by atoms with Crippen LogP contribution in [-0.2, 0) is 0 Å². The minimum absolute atomic E-state index is 0.0479. The molecule has 3 aromatic heterocycles. The van der Waals surface area contributed by atoms with Crippen molar-refractivity contribution in [1.82, 2.24) is 24.4 Å². The zero-order valence-electron chi connectivity index (χ0n) is 14.2. The lowest BCUT2D eigenvalue weighted by atomic mass is 10.1. The Kier molecular flexibility index (Phi) is 3.83. The van der Waals surface area contributed by atoms with Crippen molar-refractivity contribution in [2.45, 2.75) is 32.7 Å². The Bertz CT molecular complexity index is 914. The Morgan fingerprint density at radius 1 is 1.28 bits per heavy atom. The largest absolute Gasteiger partial charge is 0.448 e. The Hall–Kier alpha value is -2.96. The average molecular weight is 337 g/mol. The van der Waals surface area contributed by atoms with Crippen LogP contribution in [0.5, 0.6) is 0 Å². The van der Waals surface area contributed by atoms with Crippen LogP contribution in [0.1, 0.15) is 46.8 Å². The van der Waals surface area contributed by atoms with Crippen molar-refractivity contribution >= 4 is 5.91 Å². The maximum Gasteiger partial charge on any atom is 0.276 e. The van der Waals surface area contributed by atoms with E-state index in [9.17, 15) is 4.79 Å². The van der Waals surface area contributed by atoms with E-state index in [1.54, 1.807) is 13.1 Å². The van der Waals surface area contributed by atoms with Crippen molar-refractivity contribution in [1.29, 1.82) is 0 Å². The molecule has 1 aliphatic heterocycles. The monoisotopic (exact) mass is 337 g/mol. The van der Waals surface area contributed by atoms with E-state index in [0.29, 0.717) is 18.1 Å². The molecular weight excluding hydrogens is 318 g/mol. The molecule has 1 fully saturated rings. The van der Waals surface area contributed by atoms with E-state index in [1.807, 2.05) is 40.8 Å². The van der Waals surface area contributed by atoms with Crippen LogP contribution in [0.4, 0.5) is 0 Å². The van der Waals surface area contributed by atoms with Gasteiger partial charge in [-0.2, -0.15) is 0 Å². The molecule has 1 aliphatic rings. The summed E-state index contributed by atoms with van der Waals surface area (Å²) in [5.41, 5.74) is 1.24. The first-order valence-electron chi connectivity index (χ1n) is 8.34. The molecule has 4 heterocycles. The molecule has 0 radical (unpaired) electrons. The summed E-state index contributed by atoms with van der Waals surface area (Å²) in [6, 6.07) is 5.84. The predicted octanol–water partition coefficient (Wildman–Crippen LogP) is 2.85. The fraction of sp³-hybridized carbons (Fsp3) is 0.333. The Morgan fingerprint density at radius 2 is 2.16 bits per heavy atom. The number of hydrogen-bond donors (Lipinski definition) is 0. The fourth-order valence-corrected chi connectivity index (χ4v) is 3.31. The summed E-state index contributed by atoms with van der Waals surface area (Å²) in [5.74, 6) is 2.08. The van der Waals surface area contributed by atoms with Gasteiger partial charge in [-0.15, -0.1) is 0 Å². The molecule has 7 heteroatoms. The molecule has 7 nitrogen and oxygen atoms in total. The molecular formula is C18H19N5O2. The van der Waals surface area contributed by atoms with Gasteiger partial charge in [0.25, 0.3) is 5.91 Å². The second-order valence-corrected chi connectivity index (χ2v) is 6.17. The molecule has 1 saturated heterocycles. The van der Waals surface area contributed by atoms with Crippen LogP contribution in [0.15, 0.2) is 41.3 Å². The highest BCUT2D eigenvalue weighted by molar-refractivity contribution is 5.92. The Balaban J connectivity index is 1.64. The summed E-state index contributed by atoms with van der Waals surface area (Å²) in [4.78, 5) is 27.8. The third kappa shape index (κ3) is 2.82. The van der Waals surface area contributed by atoms with Crippen molar-refractivity contribution < 1.29 is 9.21 Å². The Labute approximate surface area is 145 Å². The van der Waals surface area contributed by atoms with E-state index in [-0.39, 0.29) is 11.9 Å². The first-order valence-corrected chi connectivity index (χ1v) is 8.34. The number of imidazole rings is 1. The summed E-state index contributed by atoms with van der Waals surface area (Å²) >= 11 is 0. The molecule has 3 aromatic rings. The standard InChI is InChI=1S/C18H19N5O2/c1-12-19-8-10-22(12)17-7-3-5-14(21-17)16-6-4-9-23(16)18(24)15-11-25-13(2)20-15/h3,5,7-8,10-11,16H,4,6,9H2,1-2H3/t16-/m1/s1. The van der Waals surface area contributed by atoms with Crippen molar-refractivity contribution in [3.05, 3.63) is 60.0 Å². The topological polar surface area (TPSA) is 77.1 Å². The molecule has 128 valence electrons. The summed E-state index contributed by atoms with van der Waals surface area (Å²) in [7, 11) is 0. The number of carbonyl (C=O) groups is 1. The van der Waals surface area contributed by atoms with Gasteiger partial charge in [-0.3, -0.25) is 9.36 Å². The van der Waals surface area contributed by atoms with Crippen molar-refractivity contribution in [3.8, 4) is 5.82 Å². The molecule has 0 unspecified atom stereocenters. The molecule has 25 heavy (non-hydrogen) atoms. The van der Waals surface area contributed by atoms with E-state index in [2.05, 4.69) is 9.97 Å². The summed E-state index contributed by atoms with van der Waals surface area (Å²) < 4.78 is 7.12. The first kappa shape index (κ1) is 15.6. The van der Waals surface area contributed by atoms with E-state index in [1.165, 1.54) is 6.26 Å². The van der Waals surface area contributed by atoms with E-state index >= 15 is 0 Å². The lowest BCUT2D eigenvalue weighted by Crippen LogP contribution is -2.31. The SMILES string of the molecule is Cc1nc(C(=O)N2CCC[C@@H]2c2cccc(-n3ccnc3C)n2)co1. The molecule has 0 aromatic carbocycles. The molecule has 1 atom stereocenters. The van der Waals surface area contributed by atoms with Crippen LogP contribution in [0.2, 0.25) is 0 Å². The average Bonchev–Trinajstić information content (AvgIpc) is 3.34. The highest BCUT2D eigenvalue weighted by atomic mass is 16.3. The number of aryl methyl sites for hydroxylation is 2. The van der Waals surface area contributed by atoms with E-state index in [4.69, 9.17) is 9.40 Å². The summed E-state index contributed by atoms with van der Waals surface area (Å²) in [6.45, 7) is 4.37. The minimum atomic E-state index is -0.106. The highest BCUT2D eigenvalue weighted by Gasteiger charge is 2.33. The molecule has 0 bridgehead atoms. The van der Waals surface area contributed by atoms with Gasteiger partial charge in [-0.1, -0.05) is 6.07 Å². The number of rotatable bonds is 3. The Morgan fingerprint density at radius 3 is 2.88 bits per heavy atom. The van der Waals surface area contributed by atoms with Crippen LogP contribution in [-0.4, -0.2) is 36.9 Å². The van der Waals surface area contributed by atoms with Gasteiger partial charge in [0, 0.05) is 25.9 Å². The predicted molar refractivity (Wildman–Crippen MR) is 90.3 cm³/mol. The number of carbonyl (C=O) groups excluding carboxylic acids is 1. The van der Waals surface area contributed by atoms with Gasteiger partial charge < -0.3 is 9.32 Å². The molecule has 0 spiro atoms. The number of pyridine rings is 1. The van der Waals surface area contributed by atoms with Crippen LogP contribution in [0, 0.1) is 13.8 Å². The fourth-order valence-electron chi connectivity index (χ4n) is 3.31. The number of oxazole rings is 1. The molecule has 1 amide bonds. The number of likely N-dealkylation sites (tertiary alicyclic amines) is 1. The van der Waals surface area contributed by atoms with E-state index in [0.717, 1.165) is 30.2 Å². The third-order valence-corrected chi connectivity index (χ3v) is 4.52. The van der Waals surface area contributed by atoms with Crippen LogP contribution in [0.25, 0.3) is 5.82 Å². The van der Waals surface area contributed by atoms with Gasteiger partial charge in [0.1, 0.15) is 17.9 Å². The van der Waals surface area contributed by atoms with Gasteiger partial charge in [-0.25, -0.2) is 15.0 Å². The van der Waals surface area contributed by atoms with Gasteiger partial charge in [0.2, 0.25) is 0 Å². The first-order chi connectivity index (χ1) is 12.1. The third-order valence-electron chi connectivity index (χ3n) is 4.52. The van der Waals surface area contributed by atoms with Crippen LogP contribution >= 0.6 is 0 Å². The van der Waals surface area contributed by atoms with Crippen LogP contribution in [0.3, 0.4) is 0 Å². The second kappa shape index (κ2) is 6.16. The molecule has 0 saturated carbocycles. The van der Waals surface area contributed by atoms with Crippen LogP contribution < -0.4 is 0 Å². The quantitative estimate of drug-likeness (QED) is 0.734. The van der Waals surface area contributed by atoms with Gasteiger partial charge >= 0.3 is 0 Å². The number of hydrogen-bond acceptors (Lipinski definition) is 5. The van der Waals surface area contributed by atoms with E-state index < -0.39 is 0 Å². The number of aromatic nitrogens is 4. The summed E-state index contributed by atoms with van der Waals surface area (Å²) in [6.07, 6.45) is 6.90. The van der Waals surface area contributed by atoms with Crippen molar-refractivity contribution in [2.24, 2.45) is 0 Å². The lowest BCUT2D eigenvalue weighted by Gasteiger charge is -2.23. The smallest absolute Gasteiger partial charge is 0.276 e. The lowest BCUT2D eigenvalue weighted by molar-refractivity contribution is 0.0727. The zero-order valence-corrected chi connectivity index (χ0v) is 14.2. The van der Waals surface area contributed by atoms with Gasteiger partial charge in [-0.05, 0) is 31.9 Å². The molecule has 4 rings (SSSR count). The minimum Gasteiger partial charge on any atom is -0.448 e. The maximum absolute atomic E-state index is 12.8. The normalized spacial score (nSPS) is 17.2. The van der Waals surface area contributed by atoms with Gasteiger partial charge in [0.15, 0.2) is 11.6 Å². The number of nitrogens with zero attached hydrogens (tertiary/aromatic N) is 5. The second-order valence-electron chi connectivity index (χ2n) is 6.17. The maximum atomic E-state index is 12.8. The highest BCUT2D eigenvalue weighted by Crippen LogP contribution is 2.32. The number of amides is 1. The van der Waals surface area contributed by atoms with Crippen molar-refractivity contribution in [3.63, 3.8) is 0 Å². The van der Waals surface area contributed by atoms with Crippen molar-refractivity contribution in [2.75, 3.05) is 6.54 Å².